The molecule has 3 rings (SSSR count). The Morgan fingerprint density at radius 1 is 0.630 bits per heavy atom. The molecule has 0 spiro atoms. The van der Waals surface area contributed by atoms with E-state index >= 15 is 0 Å². The third-order valence-corrected chi connectivity index (χ3v) is 10.8. The molecule has 27 heavy (non-hydrogen) atoms. The van der Waals surface area contributed by atoms with Gasteiger partial charge in [0.15, 0.2) is 0 Å². The second-order valence-corrected chi connectivity index (χ2v) is 12.4. The number of benzene rings is 3. The van der Waals surface area contributed by atoms with E-state index in [0.29, 0.717) is 18.1 Å². The van der Waals surface area contributed by atoms with Gasteiger partial charge in [-0.1, -0.05) is 0 Å². The average molecular weight is 418 g/mol. The Labute approximate surface area is 163 Å². The Hall–Kier alpha value is -2.07. The van der Waals surface area contributed by atoms with E-state index in [2.05, 4.69) is 0 Å². The van der Waals surface area contributed by atoms with Crippen LogP contribution in [0.15, 0.2) is 91.0 Å². The van der Waals surface area contributed by atoms with Crippen LogP contribution in [0.1, 0.15) is 16.7 Å². The summed E-state index contributed by atoms with van der Waals surface area (Å²) >= 11 is -5.38. The van der Waals surface area contributed by atoms with Gasteiger partial charge in [0.2, 0.25) is 0 Å². The predicted octanol–water partition coefficient (Wildman–Crippen LogP) is 3.96. The number of rotatable bonds is 8. The van der Waals surface area contributed by atoms with Gasteiger partial charge in [-0.05, 0) is 0 Å². The van der Waals surface area contributed by atoms with E-state index < -0.39 is 21.9 Å². The van der Waals surface area contributed by atoms with Crippen LogP contribution < -0.4 is 0 Å². The molecule has 3 aromatic rings. The van der Waals surface area contributed by atoms with E-state index in [1.807, 2.05) is 91.0 Å². The Bertz CT molecular complexity index is 844. The van der Waals surface area contributed by atoms with Gasteiger partial charge < -0.3 is 0 Å². The second-order valence-electron chi connectivity index (χ2n) is 6.68. The van der Waals surface area contributed by atoms with Gasteiger partial charge in [0, 0.05) is 0 Å². The quantitative estimate of drug-likeness (QED) is 0.563. The van der Waals surface area contributed by atoms with Crippen molar-refractivity contribution in [1.29, 1.82) is 0 Å². The zero-order valence-corrected chi connectivity index (χ0v) is 17.1. The predicted molar refractivity (Wildman–Crippen MR) is 101 cm³/mol. The van der Waals surface area contributed by atoms with Gasteiger partial charge in [0.1, 0.15) is 0 Å². The summed E-state index contributed by atoms with van der Waals surface area (Å²) in [6.45, 7) is 0. The summed E-state index contributed by atoms with van der Waals surface area (Å²) < 4.78 is 38.9. The molecule has 0 aliphatic carbocycles. The zero-order valence-electron chi connectivity index (χ0n) is 14.9. The molecule has 0 amide bonds. The Kier molecular flexibility index (Phi) is 6.38. The Balaban J connectivity index is 2.03. The molecule has 0 saturated carbocycles. The minimum absolute atomic E-state index is 0.502. The van der Waals surface area contributed by atoms with Crippen molar-refractivity contribution in [3.05, 3.63) is 108 Å². The molecule has 140 valence electrons. The van der Waals surface area contributed by atoms with Crippen molar-refractivity contribution >= 4 is 8.32 Å². The Morgan fingerprint density at radius 3 is 1.19 bits per heavy atom. The molecule has 0 saturated heterocycles. The van der Waals surface area contributed by atoms with E-state index in [1.54, 1.807) is 0 Å². The first-order valence-electron chi connectivity index (χ1n) is 8.74. The standard InChI is InChI=1S/C21H21OSi.Cr.H2O.2O/c22-23(16-19-10-4-1-5-11-19,17-20-12-6-2-7-13-20)18-21-14-8-3-9-15-21;;;;/h1-15H,16-18H2;;1H2;;/q-1;+2;;;/p-1. The maximum absolute atomic E-state index is 11.9. The molecule has 6 heteroatoms. The van der Waals surface area contributed by atoms with Gasteiger partial charge in [-0.2, -0.15) is 0 Å². The summed E-state index contributed by atoms with van der Waals surface area (Å²) in [6.07, 6.45) is 0. The van der Waals surface area contributed by atoms with Crippen LogP contribution in [-0.2, 0) is 42.8 Å². The summed E-state index contributed by atoms with van der Waals surface area (Å²) in [6, 6.07) is 30.7. The molecule has 0 radical (unpaired) electrons. The fourth-order valence-electron chi connectivity index (χ4n) is 3.40. The molecule has 0 aliphatic rings. The normalized spacial score (nSPS) is 12.0. The van der Waals surface area contributed by atoms with E-state index in [-0.39, 0.29) is 0 Å². The van der Waals surface area contributed by atoms with Crippen LogP contribution in [0.3, 0.4) is 0 Å². The van der Waals surface area contributed by atoms with E-state index in [9.17, 15) is 11.8 Å². The van der Waals surface area contributed by atoms with Crippen LogP contribution >= 0.6 is 0 Å². The van der Waals surface area contributed by atoms with Crippen LogP contribution in [0.2, 0.25) is 0 Å². The molecule has 0 fully saturated rings. The van der Waals surface area contributed by atoms with Gasteiger partial charge in [-0.15, -0.1) is 0 Å². The van der Waals surface area contributed by atoms with Crippen LogP contribution in [-0.4, -0.2) is 12.5 Å². The van der Waals surface area contributed by atoms with Gasteiger partial charge >= 0.3 is 163 Å². The minimum atomic E-state index is -5.38. The fraction of sp³-hybridized carbons (Fsp3) is 0.143. The van der Waals surface area contributed by atoms with Crippen molar-refractivity contribution in [1.82, 2.24) is 0 Å². The van der Waals surface area contributed by atoms with E-state index in [0.717, 1.165) is 16.7 Å². The topological polar surface area (TPSA) is 63.6 Å². The SMILES string of the molecule is [O]=[Cr](=[O])([OH])[O][Si](Cc1ccccc1)(Cc1ccccc1)Cc1ccccc1. The van der Waals surface area contributed by atoms with Gasteiger partial charge in [-0.3, -0.25) is 0 Å². The van der Waals surface area contributed by atoms with Crippen molar-refractivity contribution in [2.24, 2.45) is 0 Å². The molecule has 3 aromatic carbocycles. The molecule has 0 aromatic heterocycles. The molecule has 0 atom stereocenters. The summed E-state index contributed by atoms with van der Waals surface area (Å²) in [5.74, 6) is 0. The van der Waals surface area contributed by atoms with Crippen LogP contribution in [0, 0.1) is 0 Å². The first kappa shape index (κ1) is 19.7. The molecule has 0 aliphatic heterocycles. The van der Waals surface area contributed by atoms with Crippen molar-refractivity contribution in [3.63, 3.8) is 0 Å². The molecular weight excluding hydrogens is 396 g/mol. The fourth-order valence-corrected chi connectivity index (χ4v) is 10.3. The van der Waals surface area contributed by atoms with Crippen molar-refractivity contribution < 1.29 is 28.9 Å². The van der Waals surface area contributed by atoms with Crippen LogP contribution in [0.5, 0.6) is 0 Å². The molecule has 0 heterocycles. The Morgan fingerprint density at radius 2 is 0.926 bits per heavy atom. The van der Waals surface area contributed by atoms with Gasteiger partial charge in [-0.25, -0.2) is 0 Å². The first-order valence-corrected chi connectivity index (χ1v) is 13.4. The third kappa shape index (κ3) is 6.24. The molecule has 1 N–H and O–H groups in total. The monoisotopic (exact) mass is 418 g/mol. The van der Waals surface area contributed by atoms with Crippen molar-refractivity contribution in [2.45, 2.75) is 18.1 Å². The number of hydrogen-bond acceptors (Lipinski definition) is 3. The van der Waals surface area contributed by atoms with E-state index in [1.165, 1.54) is 0 Å². The molecule has 4 nitrogen and oxygen atoms in total. The average Bonchev–Trinajstić information content (AvgIpc) is 2.62. The summed E-state index contributed by atoms with van der Waals surface area (Å²) in [5, 5.41) is 0. The summed E-state index contributed by atoms with van der Waals surface area (Å²) in [5.41, 5.74) is 3.03. The maximum atomic E-state index is 11.9. The first-order chi connectivity index (χ1) is 12.9. The number of hydrogen-bond donors (Lipinski definition) is 1. The summed E-state index contributed by atoms with van der Waals surface area (Å²) in [7, 11) is -2.96. The van der Waals surface area contributed by atoms with Crippen molar-refractivity contribution in [2.75, 3.05) is 0 Å². The van der Waals surface area contributed by atoms with Gasteiger partial charge in [0.25, 0.3) is 0 Å². The van der Waals surface area contributed by atoms with E-state index in [4.69, 9.17) is 3.48 Å². The summed E-state index contributed by atoms with van der Waals surface area (Å²) in [4.78, 5) is 0. The zero-order chi connectivity index (χ0) is 19.2. The van der Waals surface area contributed by atoms with Crippen molar-refractivity contribution in [3.8, 4) is 0 Å². The van der Waals surface area contributed by atoms with Crippen LogP contribution in [0.4, 0.5) is 0 Å². The van der Waals surface area contributed by atoms with Crippen LogP contribution in [0.25, 0.3) is 0 Å². The molecule has 0 unspecified atom stereocenters. The third-order valence-electron chi connectivity index (χ3n) is 4.39. The molecular formula is C21H22CrO4Si. The van der Waals surface area contributed by atoms with Gasteiger partial charge in [0.05, 0.1) is 0 Å². The second kappa shape index (κ2) is 8.75. The molecule has 0 bridgehead atoms.